The highest BCUT2D eigenvalue weighted by Gasteiger charge is 2.35. The van der Waals surface area contributed by atoms with Gasteiger partial charge < -0.3 is 4.74 Å². The van der Waals surface area contributed by atoms with E-state index in [-0.39, 0.29) is 0 Å². The lowest BCUT2D eigenvalue weighted by molar-refractivity contribution is 0.245. The number of rotatable bonds is 1. The van der Waals surface area contributed by atoms with Crippen LogP contribution in [0, 0.1) is 0 Å². The maximum Gasteiger partial charge on any atom is 0.136 e. The summed E-state index contributed by atoms with van der Waals surface area (Å²) in [5.74, 6) is 0. The van der Waals surface area contributed by atoms with Crippen LogP contribution in [-0.4, -0.2) is 31.3 Å². The number of epoxide rings is 1. The molecule has 1 heterocycles. The van der Waals surface area contributed by atoms with Crippen molar-refractivity contribution >= 4 is 0 Å². The van der Waals surface area contributed by atoms with Crippen LogP contribution in [0.25, 0.3) is 0 Å². The molecule has 2 atom stereocenters. The summed E-state index contributed by atoms with van der Waals surface area (Å²) in [6.07, 6.45) is 0.870. The highest BCUT2D eigenvalue weighted by Crippen LogP contribution is 2.21. The van der Waals surface area contributed by atoms with Crippen LogP contribution in [0.15, 0.2) is 0 Å². The topological polar surface area (TPSA) is 15.8 Å². The normalized spacial score (nSPS) is 39.4. The number of likely N-dealkylation sites (N-methyl/N-ethyl adjacent to an activating group) is 1. The van der Waals surface area contributed by atoms with E-state index in [0.29, 0.717) is 12.3 Å². The fourth-order valence-electron chi connectivity index (χ4n) is 0.716. The van der Waals surface area contributed by atoms with Crippen molar-refractivity contribution in [3.05, 3.63) is 0 Å². The Morgan fingerprint density at radius 2 is 1.86 bits per heavy atom. The lowest BCUT2D eigenvalue weighted by Gasteiger charge is -2.01. The average molecular weight is 101 g/mol. The monoisotopic (exact) mass is 101 g/mol. The standard InChI is InChI=1S/C5H11NO/c1-4-5(7-4)6(2)3/h4-5H,1-3H3/t4-,5-/m1/s1. The molecule has 0 aliphatic carbocycles. The molecule has 1 fully saturated rings. The second kappa shape index (κ2) is 1.46. The first-order valence-electron chi connectivity index (χ1n) is 2.53. The molecule has 7 heavy (non-hydrogen) atoms. The molecule has 2 nitrogen and oxygen atoms in total. The fraction of sp³-hybridized carbons (Fsp3) is 1.00. The molecule has 42 valence electrons. The first kappa shape index (κ1) is 5.06. The minimum absolute atomic E-state index is 0.403. The molecule has 1 saturated heterocycles. The SMILES string of the molecule is C[C@H]1O[C@H]1N(C)C. The number of hydrogen-bond acceptors (Lipinski definition) is 2. The van der Waals surface area contributed by atoms with Crippen molar-refractivity contribution in [3.8, 4) is 0 Å². The number of nitrogens with zero attached hydrogens (tertiary/aromatic N) is 1. The van der Waals surface area contributed by atoms with Crippen molar-refractivity contribution in [1.82, 2.24) is 4.90 Å². The third-order valence-corrected chi connectivity index (χ3v) is 1.19. The minimum atomic E-state index is 0.403. The second-order valence-electron chi connectivity index (χ2n) is 2.20. The molecule has 0 aromatic heterocycles. The summed E-state index contributed by atoms with van der Waals surface area (Å²) in [6, 6.07) is 0. The molecule has 0 bridgehead atoms. The minimum Gasteiger partial charge on any atom is -0.353 e. The van der Waals surface area contributed by atoms with Crippen molar-refractivity contribution in [1.29, 1.82) is 0 Å². The summed E-state index contributed by atoms with van der Waals surface area (Å²) in [5.41, 5.74) is 0. The van der Waals surface area contributed by atoms with Gasteiger partial charge in [0.15, 0.2) is 0 Å². The maximum absolute atomic E-state index is 5.10. The summed E-state index contributed by atoms with van der Waals surface area (Å²) in [5, 5.41) is 0. The highest BCUT2D eigenvalue weighted by molar-refractivity contribution is 4.76. The Morgan fingerprint density at radius 3 is 1.86 bits per heavy atom. The predicted molar refractivity (Wildman–Crippen MR) is 28.0 cm³/mol. The summed E-state index contributed by atoms with van der Waals surface area (Å²) in [7, 11) is 4.04. The molecule has 0 unspecified atom stereocenters. The van der Waals surface area contributed by atoms with Gasteiger partial charge >= 0.3 is 0 Å². The first-order valence-corrected chi connectivity index (χ1v) is 2.53. The van der Waals surface area contributed by atoms with Crippen molar-refractivity contribution in [2.24, 2.45) is 0 Å². The Bertz CT molecular complexity index is 72.5. The van der Waals surface area contributed by atoms with E-state index in [4.69, 9.17) is 4.74 Å². The second-order valence-corrected chi connectivity index (χ2v) is 2.20. The van der Waals surface area contributed by atoms with Gasteiger partial charge in [-0.2, -0.15) is 0 Å². The van der Waals surface area contributed by atoms with Gasteiger partial charge in [0.25, 0.3) is 0 Å². The van der Waals surface area contributed by atoms with Crippen molar-refractivity contribution in [2.75, 3.05) is 14.1 Å². The van der Waals surface area contributed by atoms with Crippen molar-refractivity contribution < 1.29 is 4.74 Å². The summed E-state index contributed by atoms with van der Waals surface area (Å²) >= 11 is 0. The molecule has 0 saturated carbocycles. The zero-order valence-corrected chi connectivity index (χ0v) is 5.01. The molecule has 0 N–H and O–H groups in total. The van der Waals surface area contributed by atoms with E-state index in [1.165, 1.54) is 0 Å². The van der Waals surface area contributed by atoms with Crippen LogP contribution in [-0.2, 0) is 4.74 Å². The van der Waals surface area contributed by atoms with Crippen LogP contribution in [0.1, 0.15) is 6.92 Å². The molecule has 1 aliphatic rings. The molecule has 0 radical (unpaired) electrons. The lowest BCUT2D eigenvalue weighted by atomic mass is 10.5. The predicted octanol–water partition coefficient (Wildman–Crippen LogP) is 0.293. The van der Waals surface area contributed by atoms with Crippen LogP contribution in [0.5, 0.6) is 0 Å². The molecular weight excluding hydrogens is 90.1 g/mol. The Hall–Kier alpha value is -0.0800. The van der Waals surface area contributed by atoms with Crippen LogP contribution >= 0.6 is 0 Å². The van der Waals surface area contributed by atoms with E-state index < -0.39 is 0 Å². The molecule has 0 amide bonds. The zero-order valence-electron chi connectivity index (χ0n) is 5.01. The smallest absolute Gasteiger partial charge is 0.136 e. The van der Waals surface area contributed by atoms with Crippen LogP contribution in [0.3, 0.4) is 0 Å². The summed E-state index contributed by atoms with van der Waals surface area (Å²) < 4.78 is 5.10. The van der Waals surface area contributed by atoms with E-state index >= 15 is 0 Å². The summed E-state index contributed by atoms with van der Waals surface area (Å²) in [6.45, 7) is 2.07. The van der Waals surface area contributed by atoms with Gasteiger partial charge in [0.2, 0.25) is 0 Å². The Labute approximate surface area is 44.1 Å². The molecule has 0 aromatic carbocycles. The third-order valence-electron chi connectivity index (χ3n) is 1.19. The van der Waals surface area contributed by atoms with Crippen LogP contribution in [0.4, 0.5) is 0 Å². The molecule has 1 aliphatic heterocycles. The van der Waals surface area contributed by atoms with Gasteiger partial charge in [-0.15, -0.1) is 0 Å². The van der Waals surface area contributed by atoms with Crippen molar-refractivity contribution in [2.45, 2.75) is 19.3 Å². The fourth-order valence-corrected chi connectivity index (χ4v) is 0.716. The van der Waals surface area contributed by atoms with Crippen LogP contribution < -0.4 is 0 Å². The Morgan fingerprint density at radius 1 is 1.43 bits per heavy atom. The molecule has 0 spiro atoms. The highest BCUT2D eigenvalue weighted by atomic mass is 16.6. The quantitative estimate of drug-likeness (QED) is 0.441. The number of ether oxygens (including phenoxy) is 1. The molecular formula is C5H11NO. The first-order chi connectivity index (χ1) is 3.22. The van der Waals surface area contributed by atoms with Gasteiger partial charge in [-0.25, -0.2) is 0 Å². The zero-order chi connectivity index (χ0) is 5.44. The average Bonchev–Trinajstić information content (AvgIpc) is 2.17. The van der Waals surface area contributed by atoms with Gasteiger partial charge in [-0.05, 0) is 21.0 Å². The van der Waals surface area contributed by atoms with E-state index in [1.807, 2.05) is 14.1 Å². The van der Waals surface area contributed by atoms with Gasteiger partial charge in [0.1, 0.15) is 6.23 Å². The largest absolute Gasteiger partial charge is 0.353 e. The van der Waals surface area contributed by atoms with Crippen LogP contribution in [0.2, 0.25) is 0 Å². The van der Waals surface area contributed by atoms with Gasteiger partial charge in [0, 0.05) is 0 Å². The molecule has 2 heteroatoms. The van der Waals surface area contributed by atoms with E-state index in [9.17, 15) is 0 Å². The lowest BCUT2D eigenvalue weighted by Crippen LogP contribution is -2.16. The summed E-state index contributed by atoms with van der Waals surface area (Å²) in [4.78, 5) is 2.07. The van der Waals surface area contributed by atoms with E-state index in [0.717, 1.165) is 0 Å². The Kier molecular flexibility index (Phi) is 1.05. The van der Waals surface area contributed by atoms with Gasteiger partial charge in [-0.3, -0.25) is 4.90 Å². The van der Waals surface area contributed by atoms with E-state index in [2.05, 4.69) is 11.8 Å². The van der Waals surface area contributed by atoms with Gasteiger partial charge in [-0.1, -0.05) is 0 Å². The number of hydrogen-bond donors (Lipinski definition) is 0. The van der Waals surface area contributed by atoms with Gasteiger partial charge in [0.05, 0.1) is 6.10 Å². The van der Waals surface area contributed by atoms with Crippen molar-refractivity contribution in [3.63, 3.8) is 0 Å². The molecule has 0 aromatic rings. The maximum atomic E-state index is 5.10. The molecule has 1 rings (SSSR count). The third kappa shape index (κ3) is 0.924. The van der Waals surface area contributed by atoms with E-state index in [1.54, 1.807) is 0 Å². The Balaban J connectivity index is 2.20.